The van der Waals surface area contributed by atoms with Crippen LogP contribution in [0.2, 0.25) is 0 Å². The zero-order valence-corrected chi connectivity index (χ0v) is 12.5. The molecule has 1 fully saturated rings. The second kappa shape index (κ2) is 6.53. The maximum absolute atomic E-state index is 5.13. The molecule has 106 valence electrons. The van der Waals surface area contributed by atoms with Gasteiger partial charge in [-0.05, 0) is 42.2 Å². The smallest absolute Gasteiger partial charge is 0.0713 e. The Morgan fingerprint density at radius 2 is 1.68 bits per heavy atom. The van der Waals surface area contributed by atoms with Crippen molar-refractivity contribution >= 4 is 0 Å². The van der Waals surface area contributed by atoms with E-state index in [1.807, 2.05) is 0 Å². The van der Waals surface area contributed by atoms with Gasteiger partial charge >= 0.3 is 0 Å². The molecule has 0 aromatic heterocycles. The van der Waals surface area contributed by atoms with Gasteiger partial charge in [-0.2, -0.15) is 0 Å². The fourth-order valence-corrected chi connectivity index (χ4v) is 2.79. The Balaban J connectivity index is 1.76. The number of benzene rings is 1. The standard InChI is InChI=1S/C17H27NO/c1-17(2)10-8-16(9-11-17)18-12-14-4-6-15(7-5-14)13-19-3/h4-7,16,18H,8-13H2,1-3H3. The van der Waals surface area contributed by atoms with E-state index in [1.54, 1.807) is 7.11 Å². The molecule has 0 spiro atoms. The number of rotatable bonds is 5. The summed E-state index contributed by atoms with van der Waals surface area (Å²) in [5, 5.41) is 3.70. The van der Waals surface area contributed by atoms with E-state index in [9.17, 15) is 0 Å². The minimum atomic E-state index is 0.556. The molecule has 0 radical (unpaired) electrons. The van der Waals surface area contributed by atoms with Gasteiger partial charge in [0.25, 0.3) is 0 Å². The third kappa shape index (κ3) is 4.63. The third-order valence-electron chi connectivity index (χ3n) is 4.27. The van der Waals surface area contributed by atoms with Crippen molar-refractivity contribution in [3.05, 3.63) is 35.4 Å². The van der Waals surface area contributed by atoms with E-state index in [0.717, 1.165) is 6.54 Å². The second-order valence-electron chi connectivity index (χ2n) is 6.57. The van der Waals surface area contributed by atoms with Crippen molar-refractivity contribution in [3.8, 4) is 0 Å². The average molecular weight is 261 g/mol. The summed E-state index contributed by atoms with van der Waals surface area (Å²) in [5.74, 6) is 0. The summed E-state index contributed by atoms with van der Waals surface area (Å²) in [4.78, 5) is 0. The first-order valence-corrected chi connectivity index (χ1v) is 7.39. The lowest BCUT2D eigenvalue weighted by atomic mass is 9.75. The Morgan fingerprint density at radius 1 is 1.11 bits per heavy atom. The largest absolute Gasteiger partial charge is 0.380 e. The van der Waals surface area contributed by atoms with Crippen LogP contribution < -0.4 is 5.32 Å². The van der Waals surface area contributed by atoms with Gasteiger partial charge in [-0.15, -0.1) is 0 Å². The number of ether oxygens (including phenoxy) is 1. The summed E-state index contributed by atoms with van der Waals surface area (Å²) in [6, 6.07) is 9.42. The molecule has 0 heterocycles. The fourth-order valence-electron chi connectivity index (χ4n) is 2.79. The topological polar surface area (TPSA) is 21.3 Å². The van der Waals surface area contributed by atoms with E-state index < -0.39 is 0 Å². The van der Waals surface area contributed by atoms with Crippen LogP contribution in [0.25, 0.3) is 0 Å². The van der Waals surface area contributed by atoms with Crippen molar-refractivity contribution in [3.63, 3.8) is 0 Å². The molecule has 1 aliphatic rings. The Bertz CT molecular complexity index is 373. The van der Waals surface area contributed by atoms with E-state index >= 15 is 0 Å². The predicted octanol–water partition coefficient (Wildman–Crippen LogP) is 3.89. The average Bonchev–Trinajstić information content (AvgIpc) is 2.40. The van der Waals surface area contributed by atoms with E-state index in [1.165, 1.54) is 36.8 Å². The van der Waals surface area contributed by atoms with Crippen LogP contribution in [0.15, 0.2) is 24.3 Å². The summed E-state index contributed by atoms with van der Waals surface area (Å²) in [5.41, 5.74) is 3.16. The van der Waals surface area contributed by atoms with Crippen LogP contribution in [0.1, 0.15) is 50.7 Å². The Hall–Kier alpha value is -0.860. The molecule has 0 unspecified atom stereocenters. The lowest BCUT2D eigenvalue weighted by Crippen LogP contribution is -2.35. The molecule has 1 aromatic carbocycles. The molecule has 2 rings (SSSR count). The highest BCUT2D eigenvalue weighted by molar-refractivity contribution is 5.22. The van der Waals surface area contributed by atoms with E-state index in [2.05, 4.69) is 43.4 Å². The van der Waals surface area contributed by atoms with Gasteiger partial charge in [0.2, 0.25) is 0 Å². The zero-order chi connectivity index (χ0) is 13.7. The van der Waals surface area contributed by atoms with Crippen LogP contribution in [0.3, 0.4) is 0 Å². The Kier molecular flexibility index (Phi) is 5.00. The lowest BCUT2D eigenvalue weighted by molar-refractivity contribution is 0.185. The Morgan fingerprint density at radius 3 is 2.26 bits per heavy atom. The van der Waals surface area contributed by atoms with Gasteiger partial charge in [0.1, 0.15) is 0 Å². The van der Waals surface area contributed by atoms with Gasteiger partial charge in [-0.3, -0.25) is 0 Å². The van der Waals surface area contributed by atoms with Crippen molar-refractivity contribution in [1.29, 1.82) is 0 Å². The zero-order valence-electron chi connectivity index (χ0n) is 12.5. The number of hydrogen-bond acceptors (Lipinski definition) is 2. The molecule has 0 bridgehead atoms. The van der Waals surface area contributed by atoms with Crippen LogP contribution in [-0.4, -0.2) is 13.2 Å². The van der Waals surface area contributed by atoms with Crippen LogP contribution in [0.5, 0.6) is 0 Å². The normalized spacial score (nSPS) is 19.5. The molecule has 19 heavy (non-hydrogen) atoms. The highest BCUT2D eigenvalue weighted by Crippen LogP contribution is 2.35. The molecule has 0 saturated heterocycles. The Labute approximate surface area is 117 Å². The van der Waals surface area contributed by atoms with E-state index in [0.29, 0.717) is 18.1 Å². The van der Waals surface area contributed by atoms with Crippen LogP contribution >= 0.6 is 0 Å². The number of nitrogens with one attached hydrogen (secondary N) is 1. The quantitative estimate of drug-likeness (QED) is 0.868. The monoisotopic (exact) mass is 261 g/mol. The summed E-state index contributed by atoms with van der Waals surface area (Å²) >= 11 is 0. The predicted molar refractivity (Wildman–Crippen MR) is 80.0 cm³/mol. The van der Waals surface area contributed by atoms with Crippen molar-refractivity contribution in [2.45, 2.75) is 58.7 Å². The summed E-state index contributed by atoms with van der Waals surface area (Å²) in [6.45, 7) is 6.46. The van der Waals surface area contributed by atoms with Crippen molar-refractivity contribution in [2.75, 3.05) is 7.11 Å². The number of methoxy groups -OCH3 is 1. The molecular weight excluding hydrogens is 234 g/mol. The molecule has 1 saturated carbocycles. The first-order chi connectivity index (χ1) is 9.09. The van der Waals surface area contributed by atoms with Crippen LogP contribution in [-0.2, 0) is 17.9 Å². The van der Waals surface area contributed by atoms with E-state index in [-0.39, 0.29) is 0 Å². The van der Waals surface area contributed by atoms with Crippen LogP contribution in [0.4, 0.5) is 0 Å². The molecule has 2 nitrogen and oxygen atoms in total. The van der Waals surface area contributed by atoms with Gasteiger partial charge in [0, 0.05) is 19.7 Å². The summed E-state index contributed by atoms with van der Waals surface area (Å²) in [6.07, 6.45) is 5.32. The molecule has 1 aromatic rings. The van der Waals surface area contributed by atoms with Gasteiger partial charge in [0.05, 0.1) is 6.61 Å². The highest BCUT2D eigenvalue weighted by Gasteiger charge is 2.26. The van der Waals surface area contributed by atoms with Crippen molar-refractivity contribution in [1.82, 2.24) is 5.32 Å². The maximum Gasteiger partial charge on any atom is 0.0713 e. The summed E-state index contributed by atoms with van der Waals surface area (Å²) in [7, 11) is 1.74. The first-order valence-electron chi connectivity index (χ1n) is 7.39. The SMILES string of the molecule is COCc1ccc(CNC2CCC(C)(C)CC2)cc1. The third-order valence-corrected chi connectivity index (χ3v) is 4.27. The minimum Gasteiger partial charge on any atom is -0.380 e. The first kappa shape index (κ1) is 14.5. The highest BCUT2D eigenvalue weighted by atomic mass is 16.5. The molecular formula is C17H27NO. The van der Waals surface area contributed by atoms with Crippen molar-refractivity contribution in [2.24, 2.45) is 5.41 Å². The molecule has 2 heteroatoms. The summed E-state index contributed by atoms with van der Waals surface area (Å²) < 4.78 is 5.13. The molecule has 1 N–H and O–H groups in total. The second-order valence-corrected chi connectivity index (χ2v) is 6.57. The molecule has 0 amide bonds. The maximum atomic E-state index is 5.13. The van der Waals surface area contributed by atoms with Gasteiger partial charge in [-0.1, -0.05) is 38.1 Å². The van der Waals surface area contributed by atoms with Gasteiger partial charge < -0.3 is 10.1 Å². The molecule has 1 aliphatic carbocycles. The van der Waals surface area contributed by atoms with Crippen molar-refractivity contribution < 1.29 is 4.74 Å². The van der Waals surface area contributed by atoms with Gasteiger partial charge in [0.15, 0.2) is 0 Å². The number of hydrogen-bond donors (Lipinski definition) is 1. The van der Waals surface area contributed by atoms with Crippen LogP contribution in [0, 0.1) is 5.41 Å². The molecule has 0 atom stereocenters. The lowest BCUT2D eigenvalue weighted by Gasteiger charge is -2.34. The van der Waals surface area contributed by atoms with Gasteiger partial charge in [-0.25, -0.2) is 0 Å². The fraction of sp³-hybridized carbons (Fsp3) is 0.647. The molecule has 0 aliphatic heterocycles. The minimum absolute atomic E-state index is 0.556. The van der Waals surface area contributed by atoms with E-state index in [4.69, 9.17) is 4.74 Å².